The summed E-state index contributed by atoms with van der Waals surface area (Å²) < 4.78 is 0. The molecule has 0 aliphatic heterocycles. The fraction of sp³-hybridized carbons (Fsp3) is 0.500. The third-order valence-corrected chi connectivity index (χ3v) is 3.09. The summed E-state index contributed by atoms with van der Waals surface area (Å²) in [6.45, 7) is 10.1. The summed E-state index contributed by atoms with van der Waals surface area (Å²) in [4.78, 5) is 12.2. The van der Waals surface area contributed by atoms with Crippen LogP contribution < -0.4 is 0 Å². The molecule has 1 rings (SSSR count). The average molecular weight is 204 g/mol. The minimum atomic E-state index is -0.0276. The first kappa shape index (κ1) is 12.0. The van der Waals surface area contributed by atoms with Gasteiger partial charge in [0.05, 0.1) is 0 Å². The van der Waals surface area contributed by atoms with E-state index in [0.717, 1.165) is 23.1 Å². The Morgan fingerprint density at radius 2 is 2.07 bits per heavy atom. The molecule has 0 unspecified atom stereocenters. The summed E-state index contributed by atoms with van der Waals surface area (Å²) in [5.74, 6) is 0.198. The normalized spacial score (nSPS) is 20.7. The van der Waals surface area contributed by atoms with E-state index in [1.807, 2.05) is 26.8 Å². The number of allylic oxidation sites excluding steroid dienone is 6. The van der Waals surface area contributed by atoms with Crippen molar-refractivity contribution in [3.63, 3.8) is 0 Å². The van der Waals surface area contributed by atoms with Gasteiger partial charge < -0.3 is 0 Å². The van der Waals surface area contributed by atoms with Gasteiger partial charge in [-0.1, -0.05) is 32.1 Å². The van der Waals surface area contributed by atoms with Crippen molar-refractivity contribution in [2.75, 3.05) is 0 Å². The van der Waals surface area contributed by atoms with Crippen LogP contribution in [-0.2, 0) is 4.79 Å². The maximum atomic E-state index is 12.2. The highest BCUT2D eigenvalue weighted by Gasteiger charge is 2.31. The zero-order chi connectivity index (χ0) is 11.6. The Morgan fingerprint density at radius 1 is 1.47 bits per heavy atom. The van der Waals surface area contributed by atoms with Gasteiger partial charge in [-0.2, -0.15) is 0 Å². The van der Waals surface area contributed by atoms with Gasteiger partial charge in [-0.15, -0.1) is 0 Å². The predicted molar refractivity (Wildman–Crippen MR) is 64.7 cm³/mol. The zero-order valence-electron chi connectivity index (χ0n) is 10.3. The summed E-state index contributed by atoms with van der Waals surface area (Å²) in [5, 5.41) is 0. The molecule has 0 spiro atoms. The van der Waals surface area contributed by atoms with Crippen molar-refractivity contribution in [3.8, 4) is 0 Å². The van der Waals surface area contributed by atoms with Gasteiger partial charge in [0.1, 0.15) is 0 Å². The molecule has 0 aromatic rings. The largest absolute Gasteiger partial charge is 0.289 e. The highest BCUT2D eigenvalue weighted by atomic mass is 16.1. The first-order chi connectivity index (χ1) is 6.90. The highest BCUT2D eigenvalue weighted by molar-refractivity contribution is 6.09. The van der Waals surface area contributed by atoms with E-state index in [1.54, 1.807) is 0 Å². The third kappa shape index (κ3) is 2.28. The van der Waals surface area contributed by atoms with Crippen LogP contribution in [0.5, 0.6) is 0 Å². The molecular weight excluding hydrogens is 184 g/mol. The molecule has 0 amide bonds. The lowest BCUT2D eigenvalue weighted by molar-refractivity contribution is -0.113. The predicted octanol–water partition coefficient (Wildman–Crippen LogP) is 3.82. The summed E-state index contributed by atoms with van der Waals surface area (Å²) in [6, 6.07) is 0. The number of hydrogen-bond acceptors (Lipinski definition) is 1. The van der Waals surface area contributed by atoms with Gasteiger partial charge in [-0.3, -0.25) is 4.79 Å². The topological polar surface area (TPSA) is 17.1 Å². The second kappa shape index (κ2) is 4.18. The van der Waals surface area contributed by atoms with E-state index in [2.05, 4.69) is 26.0 Å². The Morgan fingerprint density at radius 3 is 2.53 bits per heavy atom. The fourth-order valence-electron chi connectivity index (χ4n) is 2.06. The Bertz CT molecular complexity index is 365. The van der Waals surface area contributed by atoms with E-state index in [1.165, 1.54) is 0 Å². The number of hydrogen-bond donors (Lipinski definition) is 0. The van der Waals surface area contributed by atoms with Gasteiger partial charge in [-0.05, 0) is 43.8 Å². The molecule has 0 aromatic carbocycles. The van der Waals surface area contributed by atoms with Gasteiger partial charge in [-0.25, -0.2) is 0 Å². The molecule has 15 heavy (non-hydrogen) atoms. The summed E-state index contributed by atoms with van der Waals surface area (Å²) in [6.07, 6.45) is 7.04. The van der Waals surface area contributed by atoms with E-state index in [-0.39, 0.29) is 11.2 Å². The van der Waals surface area contributed by atoms with E-state index in [9.17, 15) is 4.79 Å². The van der Waals surface area contributed by atoms with Crippen molar-refractivity contribution in [2.24, 2.45) is 5.41 Å². The molecule has 0 bridgehead atoms. The Balaban J connectivity index is 3.21. The van der Waals surface area contributed by atoms with Crippen molar-refractivity contribution >= 4 is 5.78 Å². The second-order valence-corrected chi connectivity index (χ2v) is 4.85. The average Bonchev–Trinajstić information content (AvgIpc) is 2.14. The van der Waals surface area contributed by atoms with Crippen LogP contribution in [0.1, 0.15) is 41.0 Å². The SMILES string of the molecule is C/C=C(\C)C(=O)C1=C(C)C=CCC1(C)C. The van der Waals surface area contributed by atoms with Crippen LogP contribution >= 0.6 is 0 Å². The number of Topliss-reactive ketones (excluding diaryl/α,β-unsaturated/α-hetero) is 1. The smallest absolute Gasteiger partial charge is 0.185 e. The van der Waals surface area contributed by atoms with Crippen molar-refractivity contribution in [2.45, 2.75) is 41.0 Å². The van der Waals surface area contributed by atoms with Gasteiger partial charge in [0.2, 0.25) is 0 Å². The fourth-order valence-corrected chi connectivity index (χ4v) is 2.06. The van der Waals surface area contributed by atoms with Gasteiger partial charge in [0.15, 0.2) is 5.78 Å². The quantitative estimate of drug-likeness (QED) is 0.625. The molecule has 0 saturated carbocycles. The summed E-state index contributed by atoms with van der Waals surface area (Å²) in [5.41, 5.74) is 2.89. The Kier molecular flexibility index (Phi) is 3.33. The second-order valence-electron chi connectivity index (χ2n) is 4.85. The van der Waals surface area contributed by atoms with Crippen molar-refractivity contribution < 1.29 is 4.79 Å². The maximum absolute atomic E-state index is 12.2. The number of carbonyl (C=O) groups excluding carboxylic acids is 1. The van der Waals surface area contributed by atoms with Crippen LogP contribution in [0, 0.1) is 5.41 Å². The molecule has 1 aliphatic rings. The van der Waals surface area contributed by atoms with E-state index < -0.39 is 0 Å². The maximum Gasteiger partial charge on any atom is 0.185 e. The third-order valence-electron chi connectivity index (χ3n) is 3.09. The Hall–Kier alpha value is -1.11. The van der Waals surface area contributed by atoms with Crippen molar-refractivity contribution in [1.82, 2.24) is 0 Å². The van der Waals surface area contributed by atoms with Gasteiger partial charge in [0.25, 0.3) is 0 Å². The van der Waals surface area contributed by atoms with Crippen molar-refractivity contribution in [3.05, 3.63) is 34.9 Å². The van der Waals surface area contributed by atoms with Crippen LogP contribution in [0.4, 0.5) is 0 Å². The van der Waals surface area contributed by atoms with E-state index in [4.69, 9.17) is 0 Å². The van der Waals surface area contributed by atoms with Crippen LogP contribution in [0.15, 0.2) is 34.9 Å². The lowest BCUT2D eigenvalue weighted by Gasteiger charge is -2.30. The molecule has 1 heteroatoms. The standard InChI is InChI=1S/C14H20O/c1-6-10(2)13(15)12-11(3)8-7-9-14(12,4)5/h6-8H,9H2,1-5H3/b10-6+. The van der Waals surface area contributed by atoms with E-state index in [0.29, 0.717) is 0 Å². The summed E-state index contributed by atoms with van der Waals surface area (Å²) in [7, 11) is 0. The number of carbonyl (C=O) groups is 1. The van der Waals surface area contributed by atoms with E-state index >= 15 is 0 Å². The molecule has 1 aliphatic carbocycles. The minimum absolute atomic E-state index is 0.0276. The first-order valence-electron chi connectivity index (χ1n) is 5.45. The lowest BCUT2D eigenvalue weighted by Crippen LogP contribution is -2.24. The molecule has 0 heterocycles. The summed E-state index contributed by atoms with van der Waals surface area (Å²) >= 11 is 0. The molecule has 0 fully saturated rings. The highest BCUT2D eigenvalue weighted by Crippen LogP contribution is 2.38. The minimum Gasteiger partial charge on any atom is -0.289 e. The van der Waals surface area contributed by atoms with Crippen LogP contribution in [0.25, 0.3) is 0 Å². The number of ketones is 1. The molecule has 82 valence electrons. The van der Waals surface area contributed by atoms with Gasteiger partial charge in [0, 0.05) is 5.57 Å². The van der Waals surface area contributed by atoms with Gasteiger partial charge >= 0.3 is 0 Å². The van der Waals surface area contributed by atoms with Crippen molar-refractivity contribution in [1.29, 1.82) is 0 Å². The molecule has 0 aromatic heterocycles. The monoisotopic (exact) mass is 204 g/mol. The molecule has 0 N–H and O–H groups in total. The van der Waals surface area contributed by atoms with Crippen LogP contribution in [-0.4, -0.2) is 5.78 Å². The molecule has 0 radical (unpaired) electrons. The lowest BCUT2D eigenvalue weighted by atomic mass is 9.73. The molecule has 0 saturated heterocycles. The zero-order valence-corrected chi connectivity index (χ0v) is 10.3. The number of rotatable bonds is 2. The van der Waals surface area contributed by atoms with Crippen LogP contribution in [0.3, 0.4) is 0 Å². The molecule has 1 nitrogen and oxygen atoms in total. The Labute approximate surface area is 92.6 Å². The van der Waals surface area contributed by atoms with Crippen LogP contribution in [0.2, 0.25) is 0 Å². The molecular formula is C14H20O. The molecule has 0 atom stereocenters. The first-order valence-corrected chi connectivity index (χ1v) is 5.45.